The first kappa shape index (κ1) is 12.5. The Morgan fingerprint density at radius 1 is 1.47 bits per heavy atom. The number of rotatable bonds is 8. The average Bonchev–Trinajstić information content (AvgIpc) is 2.98. The Kier molecular flexibility index (Phi) is 5.65. The molecule has 1 aliphatic carbocycles. The van der Waals surface area contributed by atoms with Crippen LogP contribution in [-0.2, 0) is 4.79 Å². The van der Waals surface area contributed by atoms with Crippen LogP contribution in [0.1, 0.15) is 32.6 Å². The summed E-state index contributed by atoms with van der Waals surface area (Å²) in [6, 6.07) is 0.461. The molecule has 0 aliphatic heterocycles. The summed E-state index contributed by atoms with van der Waals surface area (Å²) in [6.07, 6.45) is 4.59. The van der Waals surface area contributed by atoms with Crippen molar-refractivity contribution in [2.24, 2.45) is 5.73 Å². The number of nitrogens with zero attached hydrogens (tertiary/aromatic N) is 1. The lowest BCUT2D eigenvalue weighted by atomic mass is 10.3. The Hall–Kier alpha value is -0.610. The molecule has 0 aromatic rings. The molecule has 15 heavy (non-hydrogen) atoms. The number of unbranched alkanes of at least 4 members (excludes halogenated alkanes) is 1. The Labute approximate surface area is 92.2 Å². The Morgan fingerprint density at radius 2 is 2.20 bits per heavy atom. The number of hydrogen-bond acceptors (Lipinski definition) is 3. The van der Waals surface area contributed by atoms with Crippen LogP contribution in [0.3, 0.4) is 0 Å². The molecule has 0 bridgehead atoms. The molecule has 88 valence electrons. The Balaban J connectivity index is 2.18. The van der Waals surface area contributed by atoms with Crippen molar-refractivity contribution in [3.63, 3.8) is 0 Å². The van der Waals surface area contributed by atoms with Gasteiger partial charge in [0.05, 0.1) is 6.54 Å². The van der Waals surface area contributed by atoms with Gasteiger partial charge in [-0.3, -0.25) is 9.69 Å². The third-order valence-electron chi connectivity index (χ3n) is 2.58. The normalized spacial score (nSPS) is 15.7. The highest BCUT2D eigenvalue weighted by atomic mass is 16.2. The summed E-state index contributed by atoms with van der Waals surface area (Å²) in [7, 11) is 0. The molecule has 0 radical (unpaired) electrons. The van der Waals surface area contributed by atoms with Gasteiger partial charge in [-0.05, 0) is 25.8 Å². The molecule has 0 aromatic heterocycles. The van der Waals surface area contributed by atoms with Gasteiger partial charge in [0.2, 0.25) is 5.91 Å². The molecular weight excluding hydrogens is 190 g/mol. The molecule has 0 heterocycles. The third kappa shape index (κ3) is 5.74. The van der Waals surface area contributed by atoms with Crippen molar-refractivity contribution >= 4 is 5.91 Å². The molecule has 3 N–H and O–H groups in total. The third-order valence-corrected chi connectivity index (χ3v) is 2.58. The highest BCUT2D eigenvalue weighted by Gasteiger charge is 2.23. The first-order chi connectivity index (χ1) is 7.26. The maximum Gasteiger partial charge on any atom is 0.234 e. The van der Waals surface area contributed by atoms with Crippen molar-refractivity contribution in [2.45, 2.75) is 38.6 Å². The van der Waals surface area contributed by atoms with E-state index >= 15 is 0 Å². The minimum absolute atomic E-state index is 0.155. The molecule has 1 aliphatic rings. The first-order valence-electron chi connectivity index (χ1n) is 5.98. The van der Waals surface area contributed by atoms with Gasteiger partial charge in [-0.1, -0.05) is 13.3 Å². The van der Waals surface area contributed by atoms with Gasteiger partial charge in [0.15, 0.2) is 0 Å². The largest absolute Gasteiger partial charge is 0.352 e. The summed E-state index contributed by atoms with van der Waals surface area (Å²) in [6.45, 7) is 5.09. The lowest BCUT2D eigenvalue weighted by Gasteiger charge is -2.20. The molecule has 1 saturated carbocycles. The minimum atomic E-state index is 0.155. The summed E-state index contributed by atoms with van der Waals surface area (Å²) in [5.74, 6) is 0.155. The van der Waals surface area contributed by atoms with Crippen molar-refractivity contribution in [3.05, 3.63) is 0 Å². The van der Waals surface area contributed by atoms with E-state index in [4.69, 9.17) is 5.73 Å². The summed E-state index contributed by atoms with van der Waals surface area (Å²) in [4.78, 5) is 13.7. The fourth-order valence-corrected chi connectivity index (χ4v) is 1.54. The summed E-state index contributed by atoms with van der Waals surface area (Å²) in [5.41, 5.74) is 5.52. The SMILES string of the molecule is CCCCN(CCN)CC(=O)NC1CC1. The van der Waals surface area contributed by atoms with E-state index < -0.39 is 0 Å². The molecule has 1 rings (SSSR count). The molecule has 1 fully saturated rings. The van der Waals surface area contributed by atoms with Crippen molar-refractivity contribution in [1.82, 2.24) is 10.2 Å². The number of hydrogen-bond donors (Lipinski definition) is 2. The predicted molar refractivity (Wildman–Crippen MR) is 61.6 cm³/mol. The molecule has 4 nitrogen and oxygen atoms in total. The molecular formula is C11H23N3O. The first-order valence-corrected chi connectivity index (χ1v) is 5.98. The summed E-state index contributed by atoms with van der Waals surface area (Å²) >= 11 is 0. The van der Waals surface area contributed by atoms with Crippen molar-refractivity contribution in [1.29, 1.82) is 0 Å². The average molecular weight is 213 g/mol. The second kappa shape index (κ2) is 6.80. The van der Waals surface area contributed by atoms with Crippen LogP contribution < -0.4 is 11.1 Å². The molecule has 1 amide bonds. The lowest BCUT2D eigenvalue weighted by molar-refractivity contribution is -0.122. The van der Waals surface area contributed by atoms with E-state index in [-0.39, 0.29) is 5.91 Å². The van der Waals surface area contributed by atoms with Gasteiger partial charge in [-0.25, -0.2) is 0 Å². The van der Waals surface area contributed by atoms with Crippen molar-refractivity contribution in [2.75, 3.05) is 26.2 Å². The van der Waals surface area contributed by atoms with E-state index in [1.165, 1.54) is 0 Å². The number of amides is 1. The van der Waals surface area contributed by atoms with Crippen LogP contribution >= 0.6 is 0 Å². The van der Waals surface area contributed by atoms with Crippen LogP contribution in [-0.4, -0.2) is 43.0 Å². The van der Waals surface area contributed by atoms with E-state index in [1.54, 1.807) is 0 Å². The van der Waals surface area contributed by atoms with Crippen molar-refractivity contribution < 1.29 is 4.79 Å². The zero-order valence-corrected chi connectivity index (χ0v) is 9.67. The molecule has 0 aromatic carbocycles. The molecule has 0 atom stereocenters. The summed E-state index contributed by atoms with van der Waals surface area (Å²) < 4.78 is 0. The molecule has 0 unspecified atom stereocenters. The van der Waals surface area contributed by atoms with Gasteiger partial charge in [-0.2, -0.15) is 0 Å². The number of carbonyl (C=O) groups excluding carboxylic acids is 1. The van der Waals surface area contributed by atoms with E-state index in [1.807, 2.05) is 0 Å². The quantitative estimate of drug-likeness (QED) is 0.611. The monoisotopic (exact) mass is 213 g/mol. The van der Waals surface area contributed by atoms with E-state index in [9.17, 15) is 4.79 Å². The van der Waals surface area contributed by atoms with Gasteiger partial charge < -0.3 is 11.1 Å². The van der Waals surface area contributed by atoms with Gasteiger partial charge in [0.25, 0.3) is 0 Å². The van der Waals surface area contributed by atoms with E-state index in [2.05, 4.69) is 17.1 Å². The summed E-state index contributed by atoms with van der Waals surface area (Å²) in [5, 5.41) is 3.00. The molecule has 0 saturated heterocycles. The fraction of sp³-hybridized carbons (Fsp3) is 0.909. The molecule has 4 heteroatoms. The smallest absolute Gasteiger partial charge is 0.234 e. The van der Waals surface area contributed by atoms with Crippen LogP contribution in [0.4, 0.5) is 0 Å². The standard InChI is InChI=1S/C11H23N3O/c1-2-3-7-14(8-6-12)9-11(15)13-10-4-5-10/h10H,2-9,12H2,1H3,(H,13,15). The minimum Gasteiger partial charge on any atom is -0.352 e. The van der Waals surface area contributed by atoms with Gasteiger partial charge in [0, 0.05) is 19.1 Å². The highest BCUT2D eigenvalue weighted by molar-refractivity contribution is 5.78. The Morgan fingerprint density at radius 3 is 2.73 bits per heavy atom. The second-order valence-corrected chi connectivity index (χ2v) is 4.26. The fourth-order valence-electron chi connectivity index (χ4n) is 1.54. The van der Waals surface area contributed by atoms with Crippen LogP contribution in [0.15, 0.2) is 0 Å². The number of carbonyl (C=O) groups is 1. The molecule has 0 spiro atoms. The van der Waals surface area contributed by atoms with E-state index in [0.717, 1.165) is 38.8 Å². The predicted octanol–water partition coefficient (Wildman–Crippen LogP) is 0.326. The van der Waals surface area contributed by atoms with Crippen LogP contribution in [0.5, 0.6) is 0 Å². The van der Waals surface area contributed by atoms with Gasteiger partial charge in [-0.15, -0.1) is 0 Å². The number of nitrogens with one attached hydrogen (secondary N) is 1. The number of nitrogens with two attached hydrogens (primary N) is 1. The highest BCUT2D eigenvalue weighted by Crippen LogP contribution is 2.18. The van der Waals surface area contributed by atoms with Gasteiger partial charge in [0.1, 0.15) is 0 Å². The Bertz CT molecular complexity index is 192. The lowest BCUT2D eigenvalue weighted by Crippen LogP contribution is -2.40. The zero-order chi connectivity index (χ0) is 11.1. The topological polar surface area (TPSA) is 58.4 Å². The van der Waals surface area contributed by atoms with Gasteiger partial charge >= 0.3 is 0 Å². The van der Waals surface area contributed by atoms with Crippen LogP contribution in [0, 0.1) is 0 Å². The maximum absolute atomic E-state index is 11.5. The van der Waals surface area contributed by atoms with Crippen LogP contribution in [0.25, 0.3) is 0 Å². The van der Waals surface area contributed by atoms with E-state index in [0.29, 0.717) is 19.1 Å². The van der Waals surface area contributed by atoms with Crippen LogP contribution in [0.2, 0.25) is 0 Å². The van der Waals surface area contributed by atoms with Crippen molar-refractivity contribution in [3.8, 4) is 0 Å². The zero-order valence-electron chi connectivity index (χ0n) is 9.67. The maximum atomic E-state index is 11.5. The second-order valence-electron chi connectivity index (χ2n) is 4.26.